The van der Waals surface area contributed by atoms with Gasteiger partial charge >= 0.3 is 0 Å². The summed E-state index contributed by atoms with van der Waals surface area (Å²) in [5.74, 6) is 0. The Balaban J connectivity index is 1.45. The second-order valence-corrected chi connectivity index (χ2v) is 12.3. The molecule has 3 heterocycles. The number of aromatic nitrogens is 3. The average Bonchev–Trinajstić information content (AvgIpc) is 3.40. The van der Waals surface area contributed by atoms with Crippen LogP contribution in [-0.4, -0.2) is 9.97 Å². The van der Waals surface area contributed by atoms with Crippen LogP contribution in [-0.2, 0) is 12.5 Å². The van der Waals surface area contributed by atoms with Crippen LogP contribution in [0.3, 0.4) is 0 Å². The average molecular weight is 561 g/mol. The predicted octanol–water partition coefficient (Wildman–Crippen LogP) is 9.47. The molecule has 4 heteroatoms. The second kappa shape index (κ2) is 10.3. The molecule has 0 radical (unpaired) electrons. The first kappa shape index (κ1) is 26.8. The summed E-state index contributed by atoms with van der Waals surface area (Å²) in [7, 11) is 2.14. The predicted molar refractivity (Wildman–Crippen MR) is 176 cm³/mol. The molecule has 0 spiro atoms. The van der Waals surface area contributed by atoms with E-state index in [4.69, 9.17) is 4.42 Å². The van der Waals surface area contributed by atoms with E-state index >= 15 is 0 Å². The Labute approximate surface area is 252 Å². The zero-order valence-electron chi connectivity index (χ0n) is 25.2. The molecule has 43 heavy (non-hydrogen) atoms. The monoisotopic (exact) mass is 560 g/mol. The van der Waals surface area contributed by atoms with Gasteiger partial charge in [0.1, 0.15) is 18.2 Å². The van der Waals surface area contributed by atoms with Crippen LogP contribution in [0.15, 0.2) is 120 Å². The fourth-order valence-electron chi connectivity index (χ4n) is 6.13. The standard InChI is InChI=1S/C39H34N3O/c1-25-14-19-31-30-13-9-12-29(26-10-7-6-8-11-26)37(30)43-38(31)36(25)35-22-32(33(24-42(35)5)39(2,3)4)27-15-17-28(18-16-27)34-23-40-20-21-41-34/h6-24H,1-5H3/q+1. The van der Waals surface area contributed by atoms with Gasteiger partial charge in [-0.3, -0.25) is 9.97 Å². The highest BCUT2D eigenvalue weighted by atomic mass is 16.3. The van der Waals surface area contributed by atoms with Crippen LogP contribution in [0.4, 0.5) is 0 Å². The summed E-state index contributed by atoms with van der Waals surface area (Å²) in [6.07, 6.45) is 7.52. The molecule has 0 aliphatic carbocycles. The molecular formula is C39H34N3O+. The molecule has 0 aliphatic heterocycles. The molecule has 0 amide bonds. The van der Waals surface area contributed by atoms with Gasteiger partial charge in [-0.05, 0) is 34.6 Å². The van der Waals surface area contributed by atoms with Crippen molar-refractivity contribution < 1.29 is 8.98 Å². The molecule has 0 unspecified atom stereocenters. The zero-order chi connectivity index (χ0) is 29.7. The summed E-state index contributed by atoms with van der Waals surface area (Å²) in [5.41, 5.74) is 13.0. The summed E-state index contributed by atoms with van der Waals surface area (Å²) in [4.78, 5) is 8.72. The minimum atomic E-state index is -0.0554. The van der Waals surface area contributed by atoms with Gasteiger partial charge in [-0.15, -0.1) is 0 Å². The number of furan rings is 1. The number of hydrogen-bond acceptors (Lipinski definition) is 3. The van der Waals surface area contributed by atoms with Crippen LogP contribution in [0.1, 0.15) is 31.9 Å². The van der Waals surface area contributed by atoms with Crippen LogP contribution < -0.4 is 4.57 Å². The zero-order valence-corrected chi connectivity index (χ0v) is 25.2. The van der Waals surface area contributed by atoms with E-state index in [-0.39, 0.29) is 5.41 Å². The molecule has 0 saturated carbocycles. The van der Waals surface area contributed by atoms with Gasteiger partial charge < -0.3 is 4.42 Å². The number of benzene rings is 4. The van der Waals surface area contributed by atoms with Crippen molar-refractivity contribution in [2.45, 2.75) is 33.1 Å². The lowest BCUT2D eigenvalue weighted by Gasteiger charge is -2.22. The van der Waals surface area contributed by atoms with Crippen molar-refractivity contribution in [1.82, 2.24) is 9.97 Å². The first-order chi connectivity index (χ1) is 20.8. The highest BCUT2D eigenvalue weighted by Gasteiger charge is 2.28. The molecule has 7 rings (SSSR count). The molecule has 3 aromatic heterocycles. The summed E-state index contributed by atoms with van der Waals surface area (Å²) < 4.78 is 9.10. The van der Waals surface area contributed by atoms with Crippen LogP contribution in [0.2, 0.25) is 0 Å². The Morgan fingerprint density at radius 3 is 2.14 bits per heavy atom. The summed E-state index contributed by atoms with van der Waals surface area (Å²) in [5, 5.41) is 2.26. The van der Waals surface area contributed by atoms with Crippen LogP contribution in [0.5, 0.6) is 0 Å². The maximum atomic E-state index is 6.84. The van der Waals surface area contributed by atoms with Crippen LogP contribution >= 0.6 is 0 Å². The molecule has 0 aliphatic rings. The van der Waals surface area contributed by atoms with Gasteiger partial charge in [0.15, 0.2) is 6.20 Å². The van der Waals surface area contributed by atoms with Gasteiger partial charge in [0.25, 0.3) is 0 Å². The van der Waals surface area contributed by atoms with Gasteiger partial charge in [-0.2, -0.15) is 0 Å². The topological polar surface area (TPSA) is 42.8 Å². The molecular weight excluding hydrogens is 526 g/mol. The molecule has 0 bridgehead atoms. The number of hydrogen-bond donors (Lipinski definition) is 0. The minimum absolute atomic E-state index is 0.0554. The Morgan fingerprint density at radius 2 is 1.42 bits per heavy atom. The molecule has 0 saturated heterocycles. The third-order valence-electron chi connectivity index (χ3n) is 8.35. The van der Waals surface area contributed by atoms with Gasteiger partial charge in [0.2, 0.25) is 5.69 Å². The third kappa shape index (κ3) is 4.69. The van der Waals surface area contributed by atoms with E-state index in [1.807, 2.05) is 6.07 Å². The number of nitrogens with zero attached hydrogens (tertiary/aromatic N) is 3. The lowest BCUT2D eigenvalue weighted by Crippen LogP contribution is -2.34. The highest BCUT2D eigenvalue weighted by Crippen LogP contribution is 2.42. The van der Waals surface area contributed by atoms with Gasteiger partial charge in [0, 0.05) is 45.9 Å². The smallest absolute Gasteiger partial charge is 0.216 e. The first-order valence-electron chi connectivity index (χ1n) is 14.7. The molecule has 7 aromatic rings. The number of rotatable bonds is 4. The Kier molecular flexibility index (Phi) is 6.43. The van der Waals surface area contributed by atoms with E-state index in [0.29, 0.717) is 0 Å². The van der Waals surface area contributed by atoms with E-state index in [1.165, 1.54) is 22.3 Å². The molecule has 0 atom stereocenters. The fourth-order valence-corrected chi connectivity index (χ4v) is 6.13. The molecule has 0 N–H and O–H groups in total. The molecule has 0 fully saturated rings. The number of fused-ring (bicyclic) bond motifs is 3. The summed E-state index contributed by atoms with van der Waals surface area (Å²) in [6, 6.07) is 32.3. The second-order valence-electron chi connectivity index (χ2n) is 12.3. The van der Waals surface area contributed by atoms with Crippen molar-refractivity contribution in [1.29, 1.82) is 0 Å². The normalized spacial score (nSPS) is 11.8. The lowest BCUT2D eigenvalue weighted by atomic mass is 9.82. The highest BCUT2D eigenvalue weighted by molar-refractivity contribution is 6.13. The number of para-hydroxylation sites is 1. The van der Waals surface area contributed by atoms with E-state index in [2.05, 4.69) is 140 Å². The quantitative estimate of drug-likeness (QED) is 0.201. The van der Waals surface area contributed by atoms with Crippen molar-refractivity contribution in [2.75, 3.05) is 0 Å². The first-order valence-corrected chi connectivity index (χ1v) is 14.7. The molecule has 4 aromatic carbocycles. The summed E-state index contributed by atoms with van der Waals surface area (Å²) >= 11 is 0. The maximum Gasteiger partial charge on any atom is 0.216 e. The summed E-state index contributed by atoms with van der Waals surface area (Å²) in [6.45, 7) is 8.99. The van der Waals surface area contributed by atoms with Gasteiger partial charge in [-0.1, -0.05) is 106 Å². The van der Waals surface area contributed by atoms with E-state index in [0.717, 1.165) is 55.6 Å². The van der Waals surface area contributed by atoms with Crippen LogP contribution in [0, 0.1) is 6.92 Å². The van der Waals surface area contributed by atoms with Crippen molar-refractivity contribution in [3.63, 3.8) is 0 Å². The molecule has 210 valence electrons. The Morgan fingerprint density at radius 1 is 0.698 bits per heavy atom. The largest absolute Gasteiger partial charge is 0.454 e. The van der Waals surface area contributed by atoms with E-state index in [9.17, 15) is 0 Å². The van der Waals surface area contributed by atoms with Gasteiger partial charge in [0.05, 0.1) is 17.5 Å². The third-order valence-corrected chi connectivity index (χ3v) is 8.35. The maximum absolute atomic E-state index is 6.84. The van der Waals surface area contributed by atoms with Gasteiger partial charge in [-0.25, -0.2) is 4.57 Å². The van der Waals surface area contributed by atoms with Crippen molar-refractivity contribution in [2.24, 2.45) is 7.05 Å². The Bertz CT molecular complexity index is 2100. The van der Waals surface area contributed by atoms with E-state index < -0.39 is 0 Å². The fraction of sp³-hybridized carbons (Fsp3) is 0.154. The van der Waals surface area contributed by atoms with Crippen molar-refractivity contribution >= 4 is 21.9 Å². The van der Waals surface area contributed by atoms with E-state index in [1.54, 1.807) is 18.6 Å². The van der Waals surface area contributed by atoms with Crippen molar-refractivity contribution in [3.05, 3.63) is 127 Å². The minimum Gasteiger partial charge on any atom is -0.454 e. The Hall–Kier alpha value is -5.09. The van der Waals surface area contributed by atoms with Crippen molar-refractivity contribution in [3.8, 4) is 44.8 Å². The SMILES string of the molecule is Cc1ccc2c(oc3c(-c4ccccc4)cccc32)c1-c1cc(-c2ccc(-c3cnccn3)cc2)c(C(C)(C)C)c[n+]1C. The lowest BCUT2D eigenvalue weighted by molar-refractivity contribution is -0.660. The number of aryl methyl sites for hydroxylation is 2. The molecule has 4 nitrogen and oxygen atoms in total. The van der Waals surface area contributed by atoms with Crippen LogP contribution in [0.25, 0.3) is 66.7 Å². The number of pyridine rings is 1.